The molecule has 0 aliphatic rings. The van der Waals surface area contributed by atoms with Gasteiger partial charge in [-0.25, -0.2) is 26.7 Å². The van der Waals surface area contributed by atoms with E-state index >= 15 is 0 Å². The van der Waals surface area contributed by atoms with E-state index in [4.69, 9.17) is 17.3 Å². The van der Waals surface area contributed by atoms with E-state index in [1.807, 2.05) is 0 Å². The first-order chi connectivity index (χ1) is 11.9. The van der Waals surface area contributed by atoms with Crippen molar-refractivity contribution in [2.75, 3.05) is 5.73 Å². The van der Waals surface area contributed by atoms with Crippen molar-refractivity contribution in [3.63, 3.8) is 0 Å². The summed E-state index contributed by atoms with van der Waals surface area (Å²) >= 11 is 6.22. The summed E-state index contributed by atoms with van der Waals surface area (Å²) in [6, 6.07) is 9.02. The first-order valence-corrected chi connectivity index (χ1v) is 8.93. The van der Waals surface area contributed by atoms with Crippen LogP contribution < -0.4 is 5.73 Å². The van der Waals surface area contributed by atoms with Crippen LogP contribution >= 0.6 is 11.6 Å². The maximum Gasteiger partial charge on any atom is 0.269 e. The zero-order valence-corrected chi connectivity index (χ0v) is 14.1. The second-order valence-corrected chi connectivity index (χ2v) is 7.49. The lowest BCUT2D eigenvalue weighted by molar-refractivity contribution is 0.589. The highest BCUT2D eigenvalue weighted by Gasteiger charge is 2.26. The normalized spacial score (nSPS) is 12.1. The second-order valence-electron chi connectivity index (χ2n) is 5.32. The van der Waals surface area contributed by atoms with E-state index in [1.165, 1.54) is 24.4 Å². The molecule has 0 saturated carbocycles. The Balaban J connectivity index is 2.23. The van der Waals surface area contributed by atoms with Crippen LogP contribution in [0.3, 0.4) is 0 Å². The van der Waals surface area contributed by atoms with E-state index in [1.54, 1.807) is 18.2 Å². The summed E-state index contributed by atoms with van der Waals surface area (Å²) in [5.74, 6) is -0.593. The summed E-state index contributed by atoms with van der Waals surface area (Å²) in [7, 11) is -4.00. The van der Waals surface area contributed by atoms with Crippen LogP contribution in [0.15, 0.2) is 53.7 Å². The highest BCUT2D eigenvalue weighted by molar-refractivity contribution is 7.90. The monoisotopic (exact) mass is 376 g/mol. The Hall–Kier alpha value is -2.71. The minimum absolute atomic E-state index is 0.0228. The van der Waals surface area contributed by atoms with Gasteiger partial charge >= 0.3 is 0 Å². The second kappa shape index (κ2) is 5.40. The van der Waals surface area contributed by atoms with Gasteiger partial charge in [-0.05, 0) is 18.2 Å². The van der Waals surface area contributed by atoms with Gasteiger partial charge in [-0.1, -0.05) is 29.8 Å². The summed E-state index contributed by atoms with van der Waals surface area (Å²) < 4.78 is 41.0. The predicted molar refractivity (Wildman–Crippen MR) is 93.4 cm³/mol. The minimum atomic E-state index is -4.00. The number of fused-ring (bicyclic) bond motifs is 3. The molecule has 0 amide bonds. The molecule has 2 N–H and O–H groups in total. The maximum atomic E-state index is 13.7. The Morgan fingerprint density at radius 3 is 2.56 bits per heavy atom. The lowest BCUT2D eigenvalue weighted by Gasteiger charge is -2.08. The number of nitrogens with zero attached hydrogens (tertiary/aromatic N) is 3. The van der Waals surface area contributed by atoms with Crippen LogP contribution in [0.25, 0.3) is 21.9 Å². The Kier molecular flexibility index (Phi) is 3.41. The van der Waals surface area contributed by atoms with Gasteiger partial charge in [0.1, 0.15) is 11.6 Å². The fraction of sp³-hybridized carbons (Fsp3) is 0. The van der Waals surface area contributed by atoms with Crippen molar-refractivity contribution in [1.82, 2.24) is 13.9 Å². The van der Waals surface area contributed by atoms with Crippen LogP contribution in [0.2, 0.25) is 5.02 Å². The van der Waals surface area contributed by atoms with E-state index in [2.05, 4.69) is 9.97 Å². The molecule has 0 bridgehead atoms. The fourth-order valence-electron chi connectivity index (χ4n) is 2.74. The van der Waals surface area contributed by atoms with Crippen molar-refractivity contribution < 1.29 is 12.8 Å². The molecule has 3 heterocycles. The number of pyridine rings is 2. The predicted octanol–water partition coefficient (Wildman–Crippen LogP) is 3.20. The molecule has 0 radical (unpaired) electrons. The average molecular weight is 377 g/mol. The van der Waals surface area contributed by atoms with Gasteiger partial charge in [-0.3, -0.25) is 0 Å². The third kappa shape index (κ3) is 2.25. The van der Waals surface area contributed by atoms with Crippen molar-refractivity contribution in [1.29, 1.82) is 0 Å². The molecule has 0 atom stereocenters. The third-order valence-corrected chi connectivity index (χ3v) is 5.92. The highest BCUT2D eigenvalue weighted by atomic mass is 35.5. The van der Waals surface area contributed by atoms with Crippen molar-refractivity contribution in [2.24, 2.45) is 0 Å². The molecule has 9 heteroatoms. The topological polar surface area (TPSA) is 90.9 Å². The Bertz CT molecular complexity index is 1240. The fourth-order valence-corrected chi connectivity index (χ4v) is 4.47. The summed E-state index contributed by atoms with van der Waals surface area (Å²) in [4.78, 5) is 7.96. The number of nitrogen functional groups attached to an aromatic ring is 1. The number of benzene rings is 1. The van der Waals surface area contributed by atoms with Gasteiger partial charge < -0.3 is 5.73 Å². The lowest BCUT2D eigenvalue weighted by atomic mass is 10.2. The molecule has 0 spiro atoms. The molecule has 126 valence electrons. The van der Waals surface area contributed by atoms with Gasteiger partial charge in [-0.2, -0.15) is 0 Å². The van der Waals surface area contributed by atoms with E-state index in [9.17, 15) is 12.8 Å². The molecule has 25 heavy (non-hydrogen) atoms. The molecule has 0 unspecified atom stereocenters. The van der Waals surface area contributed by atoms with Crippen molar-refractivity contribution in [2.45, 2.75) is 4.90 Å². The smallest absolute Gasteiger partial charge is 0.269 e. The molecule has 1 aromatic carbocycles. The van der Waals surface area contributed by atoms with E-state index in [0.29, 0.717) is 0 Å². The number of hydrogen-bond donors (Lipinski definition) is 1. The summed E-state index contributed by atoms with van der Waals surface area (Å²) in [6.07, 6.45) is 2.24. The van der Waals surface area contributed by atoms with Crippen LogP contribution in [0.1, 0.15) is 0 Å². The van der Waals surface area contributed by atoms with E-state index < -0.39 is 15.8 Å². The summed E-state index contributed by atoms with van der Waals surface area (Å²) in [5, 5.41) is 0.584. The molecule has 0 aliphatic carbocycles. The zero-order chi connectivity index (χ0) is 17.8. The van der Waals surface area contributed by atoms with Gasteiger partial charge in [0, 0.05) is 10.8 Å². The van der Waals surface area contributed by atoms with Crippen LogP contribution in [0.5, 0.6) is 0 Å². The number of halogens is 2. The molecular formula is C16H10ClFN4O2S. The van der Waals surface area contributed by atoms with Crippen LogP contribution in [-0.2, 0) is 10.0 Å². The SMILES string of the molecule is Nc1ncc2c(c1Cl)c1cc(F)cnc1n2S(=O)(=O)c1ccccc1. The molecule has 0 fully saturated rings. The molecule has 4 rings (SSSR count). The van der Waals surface area contributed by atoms with Crippen molar-refractivity contribution in [3.05, 3.63) is 59.6 Å². The average Bonchev–Trinajstić information content (AvgIpc) is 2.93. The molecule has 0 aliphatic heterocycles. The van der Waals surface area contributed by atoms with Crippen molar-refractivity contribution >= 4 is 49.4 Å². The molecular weight excluding hydrogens is 367 g/mol. The first-order valence-electron chi connectivity index (χ1n) is 7.11. The molecule has 3 aromatic heterocycles. The van der Waals surface area contributed by atoms with Gasteiger partial charge in [0.15, 0.2) is 5.65 Å². The molecule has 4 aromatic rings. The standard InChI is InChI=1S/C16H10ClFN4O2S/c17-14-13-11-6-9(18)7-21-16(11)22(12(13)8-20-15(14)19)25(23,24)10-4-2-1-3-5-10/h1-8H,(H2,19,20). The van der Waals surface area contributed by atoms with E-state index in [0.717, 1.165) is 10.2 Å². The third-order valence-electron chi connectivity index (χ3n) is 3.82. The number of hydrogen-bond acceptors (Lipinski definition) is 5. The zero-order valence-electron chi connectivity index (χ0n) is 12.5. The van der Waals surface area contributed by atoms with Gasteiger partial charge in [0.05, 0.1) is 27.8 Å². The van der Waals surface area contributed by atoms with Crippen molar-refractivity contribution in [3.8, 4) is 0 Å². The molecule has 0 saturated heterocycles. The number of rotatable bonds is 2. The highest BCUT2D eigenvalue weighted by Crippen LogP contribution is 2.37. The number of aromatic nitrogens is 3. The first kappa shape index (κ1) is 15.8. The van der Waals surface area contributed by atoms with Crippen LogP contribution in [0.4, 0.5) is 10.2 Å². The number of anilines is 1. The van der Waals surface area contributed by atoms with E-state index in [-0.39, 0.29) is 37.7 Å². The Labute approximate surface area is 146 Å². The Morgan fingerprint density at radius 2 is 1.84 bits per heavy atom. The Morgan fingerprint density at radius 1 is 1.12 bits per heavy atom. The number of nitrogens with two attached hydrogens (primary N) is 1. The largest absolute Gasteiger partial charge is 0.382 e. The quantitative estimate of drug-likeness (QED) is 0.580. The maximum absolute atomic E-state index is 13.7. The molecule has 6 nitrogen and oxygen atoms in total. The summed E-state index contributed by atoms with van der Waals surface area (Å²) in [6.45, 7) is 0. The van der Waals surface area contributed by atoms with Crippen LogP contribution in [-0.4, -0.2) is 22.4 Å². The summed E-state index contributed by atoms with van der Waals surface area (Å²) in [5.41, 5.74) is 5.96. The van der Waals surface area contributed by atoms with Gasteiger partial charge in [-0.15, -0.1) is 0 Å². The van der Waals surface area contributed by atoms with Gasteiger partial charge in [0.25, 0.3) is 10.0 Å². The lowest BCUT2D eigenvalue weighted by Crippen LogP contribution is -2.13. The minimum Gasteiger partial charge on any atom is -0.382 e. The van der Waals surface area contributed by atoms with Crippen LogP contribution in [0, 0.1) is 5.82 Å². The van der Waals surface area contributed by atoms with Gasteiger partial charge in [0.2, 0.25) is 0 Å².